The number of nitrogens with two attached hydrogens (primary N) is 1. The second-order valence-corrected chi connectivity index (χ2v) is 5.57. The lowest BCUT2D eigenvalue weighted by Gasteiger charge is -2.33. The summed E-state index contributed by atoms with van der Waals surface area (Å²) in [5, 5.41) is 0. The van der Waals surface area contributed by atoms with Gasteiger partial charge >= 0.3 is 0 Å². The van der Waals surface area contributed by atoms with Crippen molar-refractivity contribution in [2.75, 3.05) is 0 Å². The van der Waals surface area contributed by atoms with Crippen molar-refractivity contribution in [3.05, 3.63) is 71.8 Å². The summed E-state index contributed by atoms with van der Waals surface area (Å²) in [4.78, 5) is 0. The lowest BCUT2D eigenvalue weighted by Crippen LogP contribution is -2.45. The van der Waals surface area contributed by atoms with Gasteiger partial charge in [-0.3, -0.25) is 11.3 Å². The predicted octanol–water partition coefficient (Wildman–Crippen LogP) is 4.09. The van der Waals surface area contributed by atoms with Crippen LogP contribution in [0.25, 0.3) is 0 Å². The summed E-state index contributed by atoms with van der Waals surface area (Å²) in [5.74, 6) is 6.79. The van der Waals surface area contributed by atoms with Crippen LogP contribution in [0.15, 0.2) is 60.7 Å². The Balaban J connectivity index is 2.45. The molecular formula is C19H26N2. The van der Waals surface area contributed by atoms with E-state index < -0.39 is 0 Å². The molecule has 0 amide bonds. The molecule has 0 radical (unpaired) electrons. The van der Waals surface area contributed by atoms with E-state index in [4.69, 9.17) is 5.84 Å². The highest BCUT2D eigenvalue weighted by atomic mass is 15.2. The largest absolute Gasteiger partial charge is 0.271 e. The highest BCUT2D eigenvalue weighted by Crippen LogP contribution is 2.33. The molecule has 2 heteroatoms. The third-order valence-corrected chi connectivity index (χ3v) is 4.43. The zero-order chi connectivity index (χ0) is 15.1. The number of hydrazine groups is 1. The summed E-state index contributed by atoms with van der Waals surface area (Å²) in [6, 6.07) is 21.6. The Hall–Kier alpha value is -1.64. The van der Waals surface area contributed by atoms with Gasteiger partial charge in [0.1, 0.15) is 0 Å². The fourth-order valence-electron chi connectivity index (χ4n) is 3.23. The van der Waals surface area contributed by atoms with E-state index in [1.807, 2.05) is 0 Å². The summed E-state index contributed by atoms with van der Waals surface area (Å²) in [7, 11) is 0. The molecule has 21 heavy (non-hydrogen) atoms. The van der Waals surface area contributed by atoms with E-state index in [0.717, 1.165) is 12.8 Å². The Kier molecular flexibility index (Phi) is 5.97. The van der Waals surface area contributed by atoms with Crippen LogP contribution in [-0.2, 0) is 0 Å². The topological polar surface area (TPSA) is 38.0 Å². The molecule has 0 aliphatic heterocycles. The number of hydrogen-bond donors (Lipinski definition) is 2. The van der Waals surface area contributed by atoms with Crippen LogP contribution in [0.3, 0.4) is 0 Å². The highest BCUT2D eigenvalue weighted by molar-refractivity contribution is 5.34. The average Bonchev–Trinajstić information content (AvgIpc) is 2.56. The summed E-state index contributed by atoms with van der Waals surface area (Å²) >= 11 is 0. The molecule has 112 valence electrons. The first-order valence-electron chi connectivity index (χ1n) is 7.87. The van der Waals surface area contributed by atoms with Crippen molar-refractivity contribution in [1.29, 1.82) is 0 Å². The first kappa shape index (κ1) is 15.7. The second kappa shape index (κ2) is 7.96. The maximum absolute atomic E-state index is 5.95. The lowest BCUT2D eigenvalue weighted by atomic mass is 9.77. The summed E-state index contributed by atoms with van der Waals surface area (Å²) in [5.41, 5.74) is 5.74. The van der Waals surface area contributed by atoms with Gasteiger partial charge in [0.05, 0.1) is 0 Å². The quantitative estimate of drug-likeness (QED) is 0.593. The monoisotopic (exact) mass is 282 g/mol. The molecule has 2 aromatic rings. The second-order valence-electron chi connectivity index (χ2n) is 5.57. The molecule has 0 bridgehead atoms. The first-order valence-corrected chi connectivity index (χ1v) is 7.87. The fourth-order valence-corrected chi connectivity index (χ4v) is 3.23. The van der Waals surface area contributed by atoms with Crippen LogP contribution in [0.4, 0.5) is 0 Å². The number of nitrogens with one attached hydrogen (secondary N) is 1. The Morgan fingerprint density at radius 1 is 0.810 bits per heavy atom. The SMILES string of the molecule is CCC(CC)C(NN)C(c1ccccc1)c1ccccc1. The van der Waals surface area contributed by atoms with E-state index in [1.165, 1.54) is 11.1 Å². The summed E-state index contributed by atoms with van der Waals surface area (Å²) < 4.78 is 0. The maximum Gasteiger partial charge on any atom is 0.0347 e. The van der Waals surface area contributed by atoms with Crippen LogP contribution < -0.4 is 11.3 Å². The zero-order valence-electron chi connectivity index (χ0n) is 13.0. The van der Waals surface area contributed by atoms with Gasteiger partial charge in [0, 0.05) is 12.0 Å². The van der Waals surface area contributed by atoms with Crippen LogP contribution in [0.2, 0.25) is 0 Å². The van der Waals surface area contributed by atoms with E-state index in [9.17, 15) is 0 Å². The van der Waals surface area contributed by atoms with Gasteiger partial charge < -0.3 is 0 Å². The summed E-state index contributed by atoms with van der Waals surface area (Å²) in [6.45, 7) is 4.48. The van der Waals surface area contributed by atoms with Crippen molar-refractivity contribution in [1.82, 2.24) is 5.43 Å². The third-order valence-electron chi connectivity index (χ3n) is 4.43. The molecule has 0 heterocycles. The molecule has 1 atom stereocenters. The molecule has 2 nitrogen and oxygen atoms in total. The smallest absolute Gasteiger partial charge is 0.0347 e. The molecule has 2 aromatic carbocycles. The molecule has 0 aliphatic carbocycles. The highest BCUT2D eigenvalue weighted by Gasteiger charge is 2.29. The summed E-state index contributed by atoms with van der Waals surface area (Å²) in [6.07, 6.45) is 2.25. The molecule has 0 aliphatic rings. The van der Waals surface area contributed by atoms with E-state index in [-0.39, 0.29) is 12.0 Å². The van der Waals surface area contributed by atoms with Crippen LogP contribution in [0.5, 0.6) is 0 Å². The van der Waals surface area contributed by atoms with E-state index in [0.29, 0.717) is 5.92 Å². The minimum atomic E-state index is 0.241. The maximum atomic E-state index is 5.95. The Labute approximate surface area is 128 Å². The van der Waals surface area contributed by atoms with Crippen LogP contribution >= 0.6 is 0 Å². The van der Waals surface area contributed by atoms with Crippen molar-refractivity contribution < 1.29 is 0 Å². The van der Waals surface area contributed by atoms with Gasteiger partial charge in [-0.25, -0.2) is 0 Å². The third kappa shape index (κ3) is 3.72. The number of hydrogen-bond acceptors (Lipinski definition) is 2. The molecule has 3 N–H and O–H groups in total. The Bertz CT molecular complexity index is 466. The van der Waals surface area contributed by atoms with Crippen molar-refractivity contribution in [2.45, 2.75) is 38.6 Å². The molecule has 0 saturated heterocycles. The van der Waals surface area contributed by atoms with Gasteiger partial charge in [0.2, 0.25) is 0 Å². The standard InChI is InChI=1S/C19H26N2/c1-3-15(4-2)19(21-20)18(16-11-7-5-8-12-16)17-13-9-6-10-14-17/h5-15,18-19,21H,3-4,20H2,1-2H3. The minimum absolute atomic E-state index is 0.241. The number of benzene rings is 2. The van der Waals surface area contributed by atoms with E-state index in [2.05, 4.69) is 79.9 Å². The molecule has 0 fully saturated rings. The normalized spacial score (nSPS) is 12.8. The van der Waals surface area contributed by atoms with Crippen molar-refractivity contribution >= 4 is 0 Å². The fraction of sp³-hybridized carbons (Fsp3) is 0.368. The predicted molar refractivity (Wildman–Crippen MR) is 89.9 cm³/mol. The van der Waals surface area contributed by atoms with Crippen molar-refractivity contribution in [2.24, 2.45) is 11.8 Å². The molecule has 2 rings (SSSR count). The van der Waals surface area contributed by atoms with Crippen LogP contribution in [0.1, 0.15) is 43.7 Å². The Morgan fingerprint density at radius 2 is 1.24 bits per heavy atom. The van der Waals surface area contributed by atoms with Crippen LogP contribution in [-0.4, -0.2) is 6.04 Å². The molecular weight excluding hydrogens is 256 g/mol. The molecule has 1 unspecified atom stereocenters. The molecule has 0 aromatic heterocycles. The van der Waals surface area contributed by atoms with Gasteiger partial charge in [-0.1, -0.05) is 87.4 Å². The average molecular weight is 282 g/mol. The molecule has 0 spiro atoms. The van der Waals surface area contributed by atoms with Crippen LogP contribution in [0, 0.1) is 5.92 Å². The first-order chi connectivity index (χ1) is 10.3. The van der Waals surface area contributed by atoms with Crippen molar-refractivity contribution in [3.63, 3.8) is 0 Å². The molecule has 0 saturated carbocycles. The van der Waals surface area contributed by atoms with E-state index in [1.54, 1.807) is 0 Å². The van der Waals surface area contributed by atoms with Gasteiger partial charge in [-0.05, 0) is 17.0 Å². The van der Waals surface area contributed by atoms with Gasteiger partial charge in [0.15, 0.2) is 0 Å². The Morgan fingerprint density at radius 3 is 1.57 bits per heavy atom. The van der Waals surface area contributed by atoms with E-state index >= 15 is 0 Å². The van der Waals surface area contributed by atoms with Crippen molar-refractivity contribution in [3.8, 4) is 0 Å². The van der Waals surface area contributed by atoms with Gasteiger partial charge in [-0.2, -0.15) is 0 Å². The number of rotatable bonds is 7. The minimum Gasteiger partial charge on any atom is -0.271 e. The lowest BCUT2D eigenvalue weighted by molar-refractivity contribution is 0.311. The van der Waals surface area contributed by atoms with Gasteiger partial charge in [0.25, 0.3) is 0 Å². The van der Waals surface area contributed by atoms with Gasteiger partial charge in [-0.15, -0.1) is 0 Å². The zero-order valence-corrected chi connectivity index (χ0v) is 13.0.